The molecule has 0 saturated heterocycles. The predicted molar refractivity (Wildman–Crippen MR) is 112 cm³/mol. The van der Waals surface area contributed by atoms with Gasteiger partial charge in [-0.05, 0) is 37.0 Å². The van der Waals surface area contributed by atoms with E-state index in [0.29, 0.717) is 6.42 Å². The van der Waals surface area contributed by atoms with Crippen molar-refractivity contribution in [3.05, 3.63) is 67.7 Å². The van der Waals surface area contributed by atoms with Crippen LogP contribution in [-0.4, -0.2) is 31.7 Å². The number of hydrogen-bond donors (Lipinski definition) is 4. The second kappa shape index (κ2) is 7.70. The van der Waals surface area contributed by atoms with Gasteiger partial charge in [0.25, 0.3) is 11.5 Å². The molecule has 1 amide bonds. The van der Waals surface area contributed by atoms with Crippen molar-refractivity contribution in [2.24, 2.45) is 0 Å². The van der Waals surface area contributed by atoms with E-state index >= 15 is 0 Å². The maximum absolute atomic E-state index is 12.4. The Morgan fingerprint density at radius 3 is 2.69 bits per heavy atom. The van der Waals surface area contributed by atoms with Crippen molar-refractivity contribution in [2.45, 2.75) is 31.3 Å². The van der Waals surface area contributed by atoms with Crippen LogP contribution in [0.3, 0.4) is 0 Å². The maximum Gasteiger partial charge on any atom is 0.326 e. The Balaban J connectivity index is 1.43. The van der Waals surface area contributed by atoms with Gasteiger partial charge in [-0.3, -0.25) is 19.3 Å². The number of nitrogens with zero attached hydrogens (tertiary/aromatic N) is 2. The van der Waals surface area contributed by atoms with Crippen molar-refractivity contribution in [3.8, 4) is 11.1 Å². The lowest BCUT2D eigenvalue weighted by atomic mass is 10.1. The van der Waals surface area contributed by atoms with Gasteiger partial charge in [-0.2, -0.15) is 5.10 Å². The second-order valence-corrected chi connectivity index (χ2v) is 7.97. The molecule has 2 heterocycles. The molecule has 1 aliphatic carbocycles. The van der Waals surface area contributed by atoms with Crippen LogP contribution in [-0.2, 0) is 0 Å². The van der Waals surface area contributed by atoms with E-state index in [0.717, 1.165) is 28.4 Å². The first kappa shape index (κ1) is 19.2. The first-order valence-electron chi connectivity index (χ1n) is 9.14. The van der Waals surface area contributed by atoms with Gasteiger partial charge in [0.1, 0.15) is 11.4 Å². The Kier molecular flexibility index (Phi) is 5.10. The van der Waals surface area contributed by atoms with Crippen molar-refractivity contribution in [2.75, 3.05) is 5.73 Å². The number of carbonyl (C=O) groups is 1. The van der Waals surface area contributed by atoms with Crippen molar-refractivity contribution >= 4 is 27.5 Å². The van der Waals surface area contributed by atoms with Gasteiger partial charge in [0, 0.05) is 22.3 Å². The zero-order valence-corrected chi connectivity index (χ0v) is 16.9. The number of nitrogens with one attached hydrogen (secondary N) is 3. The quantitative estimate of drug-likeness (QED) is 0.471. The number of aromatic amines is 2. The maximum atomic E-state index is 12.4. The Bertz CT molecular complexity index is 1160. The van der Waals surface area contributed by atoms with Gasteiger partial charge < -0.3 is 16.0 Å². The summed E-state index contributed by atoms with van der Waals surface area (Å²) in [5.74, 6) is -0.563. The third-order valence-electron chi connectivity index (χ3n) is 5.10. The fourth-order valence-electron chi connectivity index (χ4n) is 3.59. The Morgan fingerprint density at radius 2 is 1.93 bits per heavy atom. The van der Waals surface area contributed by atoms with Crippen LogP contribution in [0.15, 0.2) is 50.7 Å². The summed E-state index contributed by atoms with van der Waals surface area (Å²) in [6, 6.07) is 8.07. The van der Waals surface area contributed by atoms with Crippen LogP contribution in [0.5, 0.6) is 0 Å². The molecule has 1 saturated carbocycles. The van der Waals surface area contributed by atoms with Crippen LogP contribution < -0.4 is 22.3 Å². The van der Waals surface area contributed by atoms with Crippen molar-refractivity contribution in [1.29, 1.82) is 0 Å². The van der Waals surface area contributed by atoms with Crippen LogP contribution >= 0.6 is 15.9 Å². The highest BCUT2D eigenvalue weighted by atomic mass is 79.9. The first-order valence-corrected chi connectivity index (χ1v) is 9.93. The third-order valence-corrected chi connectivity index (χ3v) is 5.63. The van der Waals surface area contributed by atoms with Gasteiger partial charge >= 0.3 is 5.69 Å². The van der Waals surface area contributed by atoms with Gasteiger partial charge in [-0.15, -0.1) is 0 Å². The number of nitrogens with two attached hydrogens (primary N) is 1. The minimum atomic E-state index is -0.778. The van der Waals surface area contributed by atoms with E-state index in [2.05, 4.69) is 31.3 Å². The molecule has 2 aromatic heterocycles. The number of carbonyl (C=O) groups excluding carboxylic acids is 1. The molecular formula is C19H19BrN6O3. The van der Waals surface area contributed by atoms with Gasteiger partial charge in [-0.1, -0.05) is 28.1 Å². The Labute approximate surface area is 173 Å². The topological polar surface area (TPSA) is 139 Å². The summed E-state index contributed by atoms with van der Waals surface area (Å²) in [4.78, 5) is 39.7. The molecule has 150 valence electrons. The van der Waals surface area contributed by atoms with Crippen LogP contribution in [0, 0.1) is 0 Å². The van der Waals surface area contributed by atoms with Crippen molar-refractivity contribution in [1.82, 2.24) is 25.1 Å². The molecule has 0 aliphatic heterocycles. The molecule has 5 N–H and O–H groups in total. The van der Waals surface area contributed by atoms with E-state index in [4.69, 9.17) is 5.73 Å². The summed E-state index contributed by atoms with van der Waals surface area (Å²) in [5, 5.41) is 7.33. The lowest BCUT2D eigenvalue weighted by molar-refractivity contribution is 0.0932. The number of benzene rings is 1. The van der Waals surface area contributed by atoms with E-state index in [9.17, 15) is 14.4 Å². The molecule has 1 fully saturated rings. The number of hydrogen-bond acceptors (Lipinski definition) is 5. The highest BCUT2D eigenvalue weighted by molar-refractivity contribution is 9.10. The van der Waals surface area contributed by atoms with Crippen LogP contribution in [0.1, 0.15) is 35.8 Å². The largest absolute Gasteiger partial charge is 0.392 e. The van der Waals surface area contributed by atoms with Gasteiger partial charge in [0.05, 0.1) is 12.2 Å². The summed E-state index contributed by atoms with van der Waals surface area (Å²) in [6.07, 6.45) is 6.15. The Hall–Kier alpha value is -3.14. The van der Waals surface area contributed by atoms with Crippen LogP contribution in [0.25, 0.3) is 11.1 Å². The summed E-state index contributed by atoms with van der Waals surface area (Å²) in [7, 11) is 0. The number of nitrogen functional groups attached to an aromatic ring is 1. The standard InChI is InChI=1S/C19H19BrN6O3/c20-12-3-1-10(2-4-12)11-8-22-26(9-11)14-6-5-13(7-14)23-18(28)16-15(21)17(27)25-19(29)24-16/h1-4,8-9,13-14H,5-7,21H2,(H,23,28)(H2,24,25,27,29). The number of anilines is 1. The minimum Gasteiger partial charge on any atom is -0.392 e. The van der Waals surface area contributed by atoms with Crippen LogP contribution in [0.2, 0.25) is 0 Å². The zero-order valence-electron chi connectivity index (χ0n) is 15.3. The molecule has 4 rings (SSSR count). The monoisotopic (exact) mass is 458 g/mol. The van der Waals surface area contributed by atoms with E-state index in [1.54, 1.807) is 0 Å². The highest BCUT2D eigenvalue weighted by Crippen LogP contribution is 2.31. The van der Waals surface area contributed by atoms with Gasteiger partial charge in [0.15, 0.2) is 0 Å². The molecule has 10 heteroatoms. The highest BCUT2D eigenvalue weighted by Gasteiger charge is 2.29. The second-order valence-electron chi connectivity index (χ2n) is 7.05. The Morgan fingerprint density at radius 1 is 1.17 bits per heavy atom. The minimum absolute atomic E-state index is 0.102. The molecule has 1 aromatic carbocycles. The summed E-state index contributed by atoms with van der Waals surface area (Å²) in [6.45, 7) is 0. The van der Waals surface area contributed by atoms with E-state index in [1.807, 2.05) is 46.3 Å². The fraction of sp³-hybridized carbons (Fsp3) is 0.263. The molecule has 1 aliphatic rings. The number of amides is 1. The molecule has 29 heavy (non-hydrogen) atoms. The van der Waals surface area contributed by atoms with E-state index in [-0.39, 0.29) is 23.5 Å². The van der Waals surface area contributed by atoms with E-state index < -0.39 is 17.2 Å². The summed E-state index contributed by atoms with van der Waals surface area (Å²) in [5.41, 5.74) is 5.67. The van der Waals surface area contributed by atoms with E-state index in [1.165, 1.54) is 0 Å². The molecule has 3 aromatic rings. The lowest BCUT2D eigenvalue weighted by Gasteiger charge is -2.14. The van der Waals surface area contributed by atoms with Crippen LogP contribution in [0.4, 0.5) is 5.69 Å². The lowest BCUT2D eigenvalue weighted by Crippen LogP contribution is -2.37. The number of halogens is 1. The molecule has 9 nitrogen and oxygen atoms in total. The SMILES string of the molecule is Nc1c(C(=O)NC2CCC(n3cc(-c4ccc(Br)cc4)cn3)C2)[nH]c(=O)[nH]c1=O. The smallest absolute Gasteiger partial charge is 0.326 e. The number of rotatable bonds is 4. The summed E-state index contributed by atoms with van der Waals surface area (Å²) >= 11 is 3.43. The average molecular weight is 459 g/mol. The zero-order chi connectivity index (χ0) is 20.5. The first-order chi connectivity index (χ1) is 13.9. The molecule has 0 spiro atoms. The van der Waals surface area contributed by atoms with Gasteiger partial charge in [0.2, 0.25) is 0 Å². The number of aromatic nitrogens is 4. The average Bonchev–Trinajstić information content (AvgIpc) is 3.34. The normalized spacial score (nSPS) is 18.7. The molecule has 2 atom stereocenters. The molecule has 0 bridgehead atoms. The molecule has 0 radical (unpaired) electrons. The third kappa shape index (κ3) is 4.02. The fourth-order valence-corrected chi connectivity index (χ4v) is 3.86. The molecular weight excluding hydrogens is 440 g/mol. The predicted octanol–water partition coefficient (Wildman–Crippen LogP) is 1.79. The van der Waals surface area contributed by atoms with Crippen molar-refractivity contribution in [3.63, 3.8) is 0 Å². The molecule has 2 unspecified atom stereocenters. The number of H-pyrrole nitrogens is 2. The van der Waals surface area contributed by atoms with Gasteiger partial charge in [-0.25, -0.2) is 4.79 Å². The van der Waals surface area contributed by atoms with Crippen molar-refractivity contribution < 1.29 is 4.79 Å². The summed E-state index contributed by atoms with van der Waals surface area (Å²) < 4.78 is 2.94.